The van der Waals surface area contributed by atoms with Crippen LogP contribution < -0.4 is 14.7 Å². The van der Waals surface area contributed by atoms with Crippen LogP contribution in [0.2, 0.25) is 0 Å². The lowest BCUT2D eigenvalue weighted by Gasteiger charge is -2.34. The van der Waals surface area contributed by atoms with Gasteiger partial charge in [-0.3, -0.25) is 15.0 Å². The van der Waals surface area contributed by atoms with Crippen molar-refractivity contribution in [2.24, 2.45) is 0 Å². The second-order valence-electron chi connectivity index (χ2n) is 43.1. The molecule has 9 heterocycles. The lowest BCUT2D eigenvalue weighted by Crippen LogP contribution is -2.27. The van der Waals surface area contributed by atoms with E-state index in [1.54, 1.807) is 0 Å². The van der Waals surface area contributed by atoms with E-state index in [4.69, 9.17) is 9.97 Å². The van der Waals surface area contributed by atoms with Crippen molar-refractivity contribution >= 4 is 117 Å². The second kappa shape index (κ2) is 31.7. The normalized spacial score (nSPS) is 14.9. The fraction of sp³-hybridized carbons (Fsp3) is 0.133. The smallest absolute Gasteiger partial charge is 0.0744 e. The average Bonchev–Trinajstić information content (AvgIpc) is 1.53. The molecule has 0 amide bonds. The standard InChI is InChI=1S/C56H45N3.C41H33N3.C38H29N3/c1-54(2)45-15-9-7-13-39(45)41-26-24-37(30-48(41)54)58(38-25-27-42-40-14-8-10-16-46(40)55(3,4)49(42)31-38)36-22-19-34(20-23-36)35-21-28-51-43(29-35)44-32-57-33-50-53(44)59(51)52-18-12-11-17-47(52)56(50,5)6;1-40(2)33-16-9-8-14-29(33)30-21-19-28(25-35(30)40)43(26-12-6-5-7-13-26)27-20-22-36-32(24-27)31-15-10-17-34-38(31)44(36)37-18-11-23-42-39(37)41(34,3)4;1-38(2)33-15-9-14-31-32-24-30(20-21-35(32)41(37(31)33)36-22-23-39-25-34(36)38)40(28-12-7-4-8-13-28)29-18-16-27(17-19-29)26-10-5-3-6-11-26/h7-33H,1-6H3;5-25H,1-4H3;3-25H,1-2H3. The number of aromatic nitrogens is 6. The third kappa shape index (κ3) is 12.7. The number of nitrogens with zero attached hydrogens (tertiary/aromatic N) is 9. The number of benzene rings is 17. The summed E-state index contributed by atoms with van der Waals surface area (Å²) in [6.45, 7) is 28.0. The first kappa shape index (κ1) is 86.1. The number of hydrogen-bond acceptors (Lipinski definition) is 6. The van der Waals surface area contributed by atoms with Gasteiger partial charge in [0.2, 0.25) is 0 Å². The van der Waals surface area contributed by atoms with Gasteiger partial charge in [0.15, 0.2) is 0 Å². The minimum absolute atomic E-state index is 0.0679. The molecule has 0 N–H and O–H groups in total. The van der Waals surface area contributed by atoms with E-state index < -0.39 is 0 Å². The first-order valence-electron chi connectivity index (χ1n) is 50.6. The van der Waals surface area contributed by atoms with Gasteiger partial charge in [-0.2, -0.15) is 0 Å². The van der Waals surface area contributed by atoms with E-state index in [-0.39, 0.29) is 32.5 Å². The van der Waals surface area contributed by atoms with Gasteiger partial charge in [-0.15, -0.1) is 0 Å². The van der Waals surface area contributed by atoms with Crippen molar-refractivity contribution in [2.75, 3.05) is 14.7 Å². The minimum atomic E-state index is -0.186. The van der Waals surface area contributed by atoms with E-state index in [0.717, 1.165) is 51.2 Å². The van der Waals surface area contributed by atoms with Crippen molar-refractivity contribution < 1.29 is 0 Å². The molecule has 9 nitrogen and oxygen atoms in total. The summed E-state index contributed by atoms with van der Waals surface area (Å²) in [4.78, 5) is 21.4. The Morgan fingerprint density at radius 2 is 0.521 bits per heavy atom. The summed E-state index contributed by atoms with van der Waals surface area (Å²) in [5.41, 5.74) is 49.4. The first-order chi connectivity index (χ1) is 70.0. The number of para-hydroxylation sites is 5. The van der Waals surface area contributed by atoms with Crippen LogP contribution in [0.3, 0.4) is 0 Å². The van der Waals surface area contributed by atoms with Gasteiger partial charge < -0.3 is 28.4 Å². The van der Waals surface area contributed by atoms with Crippen LogP contribution in [0, 0.1) is 0 Å². The molecule has 0 bridgehead atoms. The predicted octanol–water partition coefficient (Wildman–Crippen LogP) is 35.1. The number of pyridine rings is 3. The molecule has 0 radical (unpaired) electrons. The Hall–Kier alpha value is -17.0. The molecule has 0 unspecified atom stereocenters. The topological polar surface area (TPSA) is 63.2 Å². The summed E-state index contributed by atoms with van der Waals surface area (Å²) >= 11 is 0. The number of rotatable bonds is 11. The zero-order chi connectivity index (χ0) is 97.3. The molecule has 29 rings (SSSR count). The zero-order valence-electron chi connectivity index (χ0n) is 83.0. The van der Waals surface area contributed by atoms with Crippen molar-refractivity contribution in [3.63, 3.8) is 0 Å². The molecule has 23 aromatic rings. The maximum absolute atomic E-state index is 4.90. The van der Waals surface area contributed by atoms with E-state index in [1.807, 2.05) is 18.6 Å². The molecule has 0 saturated carbocycles. The molecular formula is C135H107N9. The summed E-state index contributed by atoms with van der Waals surface area (Å²) < 4.78 is 7.33. The van der Waals surface area contributed by atoms with Crippen molar-refractivity contribution in [3.8, 4) is 72.7 Å². The Bertz CT molecular complexity index is 9160. The van der Waals surface area contributed by atoms with E-state index in [2.05, 4.69) is 529 Å². The summed E-state index contributed by atoms with van der Waals surface area (Å²) in [6.07, 6.45) is 9.99. The Morgan fingerprint density at radius 1 is 0.188 bits per heavy atom. The highest BCUT2D eigenvalue weighted by molar-refractivity contribution is 6.16. The lowest BCUT2D eigenvalue weighted by molar-refractivity contribution is 0.606. The van der Waals surface area contributed by atoms with E-state index in [9.17, 15) is 0 Å². The van der Waals surface area contributed by atoms with Crippen molar-refractivity contribution in [2.45, 2.75) is 116 Å². The van der Waals surface area contributed by atoms with Gasteiger partial charge in [0.25, 0.3) is 0 Å². The van der Waals surface area contributed by atoms with Gasteiger partial charge >= 0.3 is 0 Å². The molecule has 692 valence electrons. The Morgan fingerprint density at radius 3 is 1.03 bits per heavy atom. The molecule has 0 spiro atoms. The molecule has 6 aromatic heterocycles. The number of hydrogen-bond donors (Lipinski definition) is 0. The highest BCUT2D eigenvalue weighted by Crippen LogP contribution is 2.59. The number of anilines is 9. The van der Waals surface area contributed by atoms with E-state index in [1.165, 1.54) is 205 Å². The van der Waals surface area contributed by atoms with Crippen LogP contribution in [0.15, 0.2) is 431 Å². The fourth-order valence-corrected chi connectivity index (χ4v) is 25.7. The van der Waals surface area contributed by atoms with Crippen LogP contribution in [0.4, 0.5) is 51.2 Å². The van der Waals surface area contributed by atoms with Crippen LogP contribution in [0.25, 0.3) is 138 Å². The number of fused-ring (bicyclic) bond motifs is 24. The van der Waals surface area contributed by atoms with Crippen molar-refractivity contribution in [1.29, 1.82) is 0 Å². The van der Waals surface area contributed by atoms with Crippen molar-refractivity contribution in [1.82, 2.24) is 28.7 Å². The van der Waals surface area contributed by atoms with Crippen LogP contribution in [-0.4, -0.2) is 28.7 Å². The lowest BCUT2D eigenvalue weighted by atomic mass is 9.75. The SMILES string of the molecule is CC1(C)c2ccccc2-c2ccc(N(c3ccc(-c4ccc5c(c4)c4cncc6c4n5-c4ccccc4C6(C)C)cc3)c3ccc4c(c3)C(C)(C)c3ccccc3-4)cc21.CC1(C)c2ccccc2-c2ccc(N(c3ccccc3)c3ccc4c(c3)c3cccc5c3n4-c3cccnc3C5(C)C)cc21.CC1(C)c2cnccc2-n2c3ccc(N(c4ccccc4)c4ccc(-c5ccccc5)cc4)cc3c3cccc1c32. The third-order valence-electron chi connectivity index (χ3n) is 33.1. The van der Waals surface area contributed by atoms with Gasteiger partial charge in [-0.1, -0.05) is 312 Å². The Labute approximate surface area is 840 Å². The molecule has 9 heteroatoms. The minimum Gasteiger partial charge on any atom is -0.310 e. The third-order valence-corrected chi connectivity index (χ3v) is 33.1. The molecule has 17 aromatic carbocycles. The molecule has 144 heavy (non-hydrogen) atoms. The zero-order valence-corrected chi connectivity index (χ0v) is 83.0. The maximum Gasteiger partial charge on any atom is 0.0744 e. The van der Waals surface area contributed by atoms with Crippen LogP contribution in [-0.2, 0) is 32.5 Å². The summed E-state index contributed by atoms with van der Waals surface area (Å²) in [6, 6.07) is 147. The van der Waals surface area contributed by atoms with Crippen molar-refractivity contribution in [3.05, 3.63) is 498 Å². The van der Waals surface area contributed by atoms with Gasteiger partial charge in [0, 0.05) is 158 Å². The van der Waals surface area contributed by atoms with E-state index in [0.29, 0.717) is 0 Å². The fourth-order valence-electron chi connectivity index (χ4n) is 25.7. The molecule has 6 aliphatic rings. The molecule has 0 fully saturated rings. The predicted molar refractivity (Wildman–Crippen MR) is 600 cm³/mol. The Kier molecular flexibility index (Phi) is 19.0. The largest absolute Gasteiger partial charge is 0.310 e. The molecule has 3 aliphatic carbocycles. The molecule has 0 atom stereocenters. The highest BCUT2D eigenvalue weighted by atomic mass is 15.2. The van der Waals surface area contributed by atoms with Gasteiger partial charge in [-0.25, -0.2) is 0 Å². The monoisotopic (exact) mass is 1850 g/mol. The van der Waals surface area contributed by atoms with Gasteiger partial charge in [0.05, 0.1) is 55.9 Å². The first-order valence-corrected chi connectivity index (χ1v) is 50.6. The van der Waals surface area contributed by atoms with Crippen LogP contribution in [0.1, 0.15) is 150 Å². The van der Waals surface area contributed by atoms with Gasteiger partial charge in [0.1, 0.15) is 0 Å². The average molecular weight is 1860 g/mol. The van der Waals surface area contributed by atoms with Crippen LogP contribution in [0.5, 0.6) is 0 Å². The second-order valence-corrected chi connectivity index (χ2v) is 43.1. The highest BCUT2D eigenvalue weighted by Gasteiger charge is 2.44. The molecular weight excluding hydrogens is 1750 g/mol. The summed E-state index contributed by atoms with van der Waals surface area (Å²) in [7, 11) is 0. The summed E-state index contributed by atoms with van der Waals surface area (Å²) in [5.74, 6) is 0. The summed E-state index contributed by atoms with van der Waals surface area (Å²) in [5, 5.41) is 7.49. The molecule has 3 aliphatic heterocycles. The maximum atomic E-state index is 4.90. The van der Waals surface area contributed by atoms with E-state index >= 15 is 0 Å². The quantitative estimate of drug-likeness (QED) is 0.129. The van der Waals surface area contributed by atoms with Crippen LogP contribution >= 0.6 is 0 Å². The Balaban J connectivity index is 0.000000110. The van der Waals surface area contributed by atoms with Gasteiger partial charge in [-0.05, 0) is 277 Å². The molecule has 0 saturated heterocycles.